The Balaban J connectivity index is 0.00000261. The maximum Gasteiger partial charge on any atom is 0.248 e. The van der Waals surface area contributed by atoms with Gasteiger partial charge < -0.3 is 15.8 Å². The van der Waals surface area contributed by atoms with Crippen LogP contribution in [0.2, 0.25) is 0 Å². The molecule has 4 nitrogen and oxygen atoms in total. The lowest BCUT2D eigenvalue weighted by Crippen LogP contribution is -2.32. The van der Waals surface area contributed by atoms with Gasteiger partial charge in [-0.1, -0.05) is 49.9 Å². The van der Waals surface area contributed by atoms with Crippen molar-refractivity contribution in [3.05, 3.63) is 54.1 Å². The Morgan fingerprint density at radius 2 is 1.70 bits per heavy atom. The first-order valence-electron chi connectivity index (χ1n) is 9.59. The number of nitrogens with two attached hydrogens (primary N) is 1. The summed E-state index contributed by atoms with van der Waals surface area (Å²) < 4.78 is 5.92. The van der Waals surface area contributed by atoms with E-state index in [1.807, 2.05) is 36.4 Å². The summed E-state index contributed by atoms with van der Waals surface area (Å²) in [5, 5.41) is 3.63. The van der Waals surface area contributed by atoms with E-state index in [1.165, 1.54) is 38.5 Å². The molecule has 5 heteroatoms. The van der Waals surface area contributed by atoms with Gasteiger partial charge in [-0.3, -0.25) is 4.79 Å². The third-order valence-corrected chi connectivity index (χ3v) is 5.00. The molecule has 2 aromatic carbocycles. The molecule has 27 heavy (non-hydrogen) atoms. The molecule has 0 atom stereocenters. The highest BCUT2D eigenvalue weighted by atomic mass is 35.5. The van der Waals surface area contributed by atoms with E-state index in [1.54, 1.807) is 12.1 Å². The summed E-state index contributed by atoms with van der Waals surface area (Å²) in [4.78, 5) is 11.2. The van der Waals surface area contributed by atoms with E-state index in [0.29, 0.717) is 18.2 Å². The summed E-state index contributed by atoms with van der Waals surface area (Å²) in [6.45, 7) is 1.54. The van der Waals surface area contributed by atoms with Crippen molar-refractivity contribution in [1.29, 1.82) is 0 Å². The Hall–Kier alpha value is -2.04. The van der Waals surface area contributed by atoms with Crippen molar-refractivity contribution in [2.24, 2.45) is 5.73 Å². The topological polar surface area (TPSA) is 64.4 Å². The second-order valence-corrected chi connectivity index (χ2v) is 6.96. The van der Waals surface area contributed by atoms with Crippen molar-refractivity contribution < 1.29 is 9.53 Å². The lowest BCUT2D eigenvalue weighted by atomic mass is 10.0. The zero-order chi connectivity index (χ0) is 18.2. The molecule has 1 saturated carbocycles. The number of halogens is 1. The molecule has 0 aliphatic heterocycles. The first-order chi connectivity index (χ1) is 12.7. The zero-order valence-electron chi connectivity index (χ0n) is 15.7. The average Bonchev–Trinajstić information content (AvgIpc) is 2.94. The molecule has 0 saturated heterocycles. The van der Waals surface area contributed by atoms with Gasteiger partial charge in [0.1, 0.15) is 12.4 Å². The number of rotatable bonds is 7. The maximum absolute atomic E-state index is 11.2. The van der Waals surface area contributed by atoms with Crippen LogP contribution in [0.1, 0.15) is 48.9 Å². The molecule has 1 aliphatic carbocycles. The molecule has 0 radical (unpaired) electrons. The summed E-state index contributed by atoms with van der Waals surface area (Å²) in [5.41, 5.74) is 7.92. The van der Waals surface area contributed by atoms with Gasteiger partial charge in [0.2, 0.25) is 5.91 Å². The smallest absolute Gasteiger partial charge is 0.248 e. The molecule has 0 aromatic heterocycles. The van der Waals surface area contributed by atoms with Crippen LogP contribution in [0.5, 0.6) is 5.75 Å². The Bertz CT molecular complexity index is 711. The molecule has 0 heterocycles. The molecular formula is C22H29ClN2O2. The predicted octanol–water partition coefficient (Wildman–Crippen LogP) is 4.57. The van der Waals surface area contributed by atoms with Crippen LogP contribution in [0, 0.1) is 0 Å². The highest BCUT2D eigenvalue weighted by Gasteiger charge is 2.11. The van der Waals surface area contributed by atoms with E-state index in [4.69, 9.17) is 10.5 Å². The van der Waals surface area contributed by atoms with Gasteiger partial charge in [0.25, 0.3) is 0 Å². The van der Waals surface area contributed by atoms with Crippen LogP contribution < -0.4 is 15.8 Å². The van der Waals surface area contributed by atoms with Crippen LogP contribution in [0.4, 0.5) is 0 Å². The molecule has 3 rings (SSSR count). The third kappa shape index (κ3) is 6.56. The van der Waals surface area contributed by atoms with E-state index in [2.05, 4.69) is 5.32 Å². The van der Waals surface area contributed by atoms with Crippen LogP contribution in [0.3, 0.4) is 0 Å². The number of nitrogens with one attached hydrogen (secondary N) is 1. The Morgan fingerprint density at radius 1 is 1.00 bits per heavy atom. The minimum Gasteiger partial charge on any atom is -0.492 e. The van der Waals surface area contributed by atoms with Crippen LogP contribution in [0.25, 0.3) is 11.1 Å². The van der Waals surface area contributed by atoms with Crippen molar-refractivity contribution in [3.63, 3.8) is 0 Å². The normalized spacial score (nSPS) is 14.8. The maximum atomic E-state index is 11.2. The van der Waals surface area contributed by atoms with E-state index in [0.717, 1.165) is 23.4 Å². The van der Waals surface area contributed by atoms with Crippen molar-refractivity contribution in [3.8, 4) is 16.9 Å². The highest BCUT2D eigenvalue weighted by molar-refractivity contribution is 5.93. The molecule has 1 amide bonds. The second kappa shape index (κ2) is 11.0. The number of carbonyl (C=O) groups excluding carboxylic acids is 1. The summed E-state index contributed by atoms with van der Waals surface area (Å²) in [6, 6.07) is 16.0. The molecule has 3 N–H and O–H groups in total. The van der Waals surface area contributed by atoms with Crippen LogP contribution in [-0.4, -0.2) is 25.1 Å². The first-order valence-corrected chi connectivity index (χ1v) is 9.59. The van der Waals surface area contributed by atoms with Crippen molar-refractivity contribution >= 4 is 18.3 Å². The molecule has 1 aliphatic rings. The minimum absolute atomic E-state index is 0. The third-order valence-electron chi connectivity index (χ3n) is 5.00. The summed E-state index contributed by atoms with van der Waals surface area (Å²) in [6.07, 6.45) is 8.02. The first kappa shape index (κ1) is 21.3. The summed E-state index contributed by atoms with van der Waals surface area (Å²) in [7, 11) is 0. The van der Waals surface area contributed by atoms with Crippen LogP contribution >= 0.6 is 12.4 Å². The van der Waals surface area contributed by atoms with E-state index < -0.39 is 5.91 Å². The van der Waals surface area contributed by atoms with Crippen molar-refractivity contribution in [2.45, 2.75) is 44.6 Å². The Morgan fingerprint density at radius 3 is 2.37 bits per heavy atom. The number of primary amides is 1. The van der Waals surface area contributed by atoms with Gasteiger partial charge in [0.15, 0.2) is 0 Å². The molecular weight excluding hydrogens is 360 g/mol. The lowest BCUT2D eigenvalue weighted by Gasteiger charge is -2.16. The van der Waals surface area contributed by atoms with Gasteiger partial charge in [0.05, 0.1) is 0 Å². The van der Waals surface area contributed by atoms with Crippen LogP contribution in [0.15, 0.2) is 48.5 Å². The molecule has 0 bridgehead atoms. The van der Waals surface area contributed by atoms with E-state index in [9.17, 15) is 4.79 Å². The number of hydrogen-bond acceptors (Lipinski definition) is 3. The van der Waals surface area contributed by atoms with E-state index >= 15 is 0 Å². The standard InChI is InChI=1S/C22H28N2O2.ClH/c23-22(25)18-12-10-17(11-13-18)19-6-5-9-21(16-19)26-15-14-24-20-7-3-1-2-4-8-20;/h5-6,9-13,16,20,24H,1-4,7-8,14-15H2,(H2,23,25);1H. The lowest BCUT2D eigenvalue weighted by molar-refractivity contribution is 0.100. The number of carbonyl (C=O) groups is 1. The zero-order valence-corrected chi connectivity index (χ0v) is 16.5. The average molecular weight is 389 g/mol. The number of hydrogen-bond donors (Lipinski definition) is 2. The quantitative estimate of drug-likeness (QED) is 0.539. The SMILES string of the molecule is Cl.NC(=O)c1ccc(-c2cccc(OCCNC3CCCCCC3)c2)cc1. The fraction of sp³-hybridized carbons (Fsp3) is 0.409. The van der Waals surface area contributed by atoms with Crippen molar-refractivity contribution in [2.75, 3.05) is 13.2 Å². The van der Waals surface area contributed by atoms with Crippen molar-refractivity contribution in [1.82, 2.24) is 5.32 Å². The van der Waals surface area contributed by atoms with E-state index in [-0.39, 0.29) is 12.4 Å². The van der Waals surface area contributed by atoms with Gasteiger partial charge in [-0.15, -0.1) is 12.4 Å². The number of benzene rings is 2. The largest absolute Gasteiger partial charge is 0.492 e. The monoisotopic (exact) mass is 388 g/mol. The fourth-order valence-electron chi connectivity index (χ4n) is 3.51. The van der Waals surface area contributed by atoms with Gasteiger partial charge in [-0.25, -0.2) is 0 Å². The molecule has 2 aromatic rings. The predicted molar refractivity (Wildman–Crippen MR) is 113 cm³/mol. The Labute approximate surface area is 167 Å². The minimum atomic E-state index is -0.408. The molecule has 0 spiro atoms. The summed E-state index contributed by atoms with van der Waals surface area (Å²) in [5.74, 6) is 0.457. The fourth-order valence-corrected chi connectivity index (χ4v) is 3.51. The number of ether oxygens (including phenoxy) is 1. The second-order valence-electron chi connectivity index (χ2n) is 6.96. The number of amides is 1. The van der Waals surface area contributed by atoms with Gasteiger partial charge in [0, 0.05) is 18.2 Å². The molecule has 1 fully saturated rings. The Kier molecular flexibility index (Phi) is 8.62. The molecule has 0 unspecified atom stereocenters. The highest BCUT2D eigenvalue weighted by Crippen LogP contribution is 2.24. The van der Waals surface area contributed by atoms with Gasteiger partial charge >= 0.3 is 0 Å². The summed E-state index contributed by atoms with van der Waals surface area (Å²) >= 11 is 0. The van der Waals surface area contributed by atoms with Gasteiger partial charge in [-0.05, 0) is 48.2 Å². The van der Waals surface area contributed by atoms with Gasteiger partial charge in [-0.2, -0.15) is 0 Å². The van der Waals surface area contributed by atoms with Crippen LogP contribution in [-0.2, 0) is 0 Å². The molecule has 146 valence electrons.